The molecule has 0 saturated heterocycles. The molecule has 0 N–H and O–H groups in total. The Morgan fingerprint density at radius 3 is 2.68 bits per heavy atom. The fourth-order valence-electron chi connectivity index (χ4n) is 3.28. The highest BCUT2D eigenvalue weighted by atomic mass is 35.5. The molecule has 162 valence electrons. The molecule has 0 unspecified atom stereocenters. The lowest BCUT2D eigenvalue weighted by atomic mass is 10.2. The zero-order valence-corrected chi connectivity index (χ0v) is 18.9. The van der Waals surface area contributed by atoms with E-state index < -0.39 is 0 Å². The van der Waals surface area contributed by atoms with Crippen molar-refractivity contribution >= 4 is 23.4 Å². The molecule has 1 aromatic carbocycles. The van der Waals surface area contributed by atoms with Crippen molar-refractivity contribution in [3.8, 4) is 17.3 Å². The average Bonchev–Trinajstić information content (AvgIpc) is 3.54. The quantitative estimate of drug-likeness (QED) is 0.254. The van der Waals surface area contributed by atoms with Crippen LogP contribution in [0.2, 0.25) is 5.02 Å². The van der Waals surface area contributed by atoms with Crippen molar-refractivity contribution in [3.63, 3.8) is 0 Å². The summed E-state index contributed by atoms with van der Waals surface area (Å²) in [6.07, 6.45) is 3.54. The van der Waals surface area contributed by atoms with Crippen LogP contribution in [0.4, 0.5) is 0 Å². The van der Waals surface area contributed by atoms with Gasteiger partial charge < -0.3 is 18.2 Å². The molecule has 0 aliphatic carbocycles. The number of rotatable bonds is 10. The third-order valence-corrected chi connectivity index (χ3v) is 6.20. The second-order valence-electron chi connectivity index (χ2n) is 6.91. The Morgan fingerprint density at radius 1 is 1.10 bits per heavy atom. The predicted molar refractivity (Wildman–Crippen MR) is 119 cm³/mol. The number of hydrogen-bond acceptors (Lipinski definition) is 7. The van der Waals surface area contributed by atoms with Crippen molar-refractivity contribution < 1.29 is 13.7 Å². The maximum absolute atomic E-state index is 6.21. The van der Waals surface area contributed by atoms with Crippen LogP contribution in [0.3, 0.4) is 0 Å². The summed E-state index contributed by atoms with van der Waals surface area (Å²) in [5.74, 6) is 3.27. The first-order valence-electron chi connectivity index (χ1n) is 10.1. The number of nitrogens with zero attached hydrogens (tertiary/aromatic N) is 4. The zero-order valence-electron chi connectivity index (χ0n) is 17.3. The summed E-state index contributed by atoms with van der Waals surface area (Å²) in [7, 11) is 0. The summed E-state index contributed by atoms with van der Waals surface area (Å²) in [6, 6.07) is 13.2. The Kier molecular flexibility index (Phi) is 6.99. The second kappa shape index (κ2) is 10.1. The van der Waals surface area contributed by atoms with Crippen LogP contribution in [-0.2, 0) is 12.4 Å². The van der Waals surface area contributed by atoms with Gasteiger partial charge in [0.25, 0.3) is 0 Å². The number of furan rings is 1. The summed E-state index contributed by atoms with van der Waals surface area (Å²) in [6.45, 7) is 4.61. The predicted octanol–water partition coefficient (Wildman–Crippen LogP) is 6.41. The van der Waals surface area contributed by atoms with Crippen LogP contribution in [0.1, 0.15) is 44.2 Å². The van der Waals surface area contributed by atoms with Crippen LogP contribution in [0.15, 0.2) is 62.8 Å². The highest BCUT2D eigenvalue weighted by Gasteiger charge is 2.20. The lowest BCUT2D eigenvalue weighted by molar-refractivity contribution is 0.278. The van der Waals surface area contributed by atoms with Gasteiger partial charge in [-0.1, -0.05) is 54.5 Å². The Morgan fingerprint density at radius 2 is 1.94 bits per heavy atom. The van der Waals surface area contributed by atoms with E-state index in [1.165, 1.54) is 0 Å². The van der Waals surface area contributed by atoms with Crippen LogP contribution >= 0.6 is 23.4 Å². The van der Waals surface area contributed by atoms with E-state index >= 15 is 0 Å². The molecule has 7 nitrogen and oxygen atoms in total. The molecule has 0 fully saturated rings. The Bertz CT molecular complexity index is 1110. The SMILES string of the molecule is CCC(CC)n1c(COc2ccccc2Cl)nnc1SCc1cc(-c2ccco2)on1. The van der Waals surface area contributed by atoms with E-state index in [4.69, 9.17) is 25.3 Å². The molecule has 4 rings (SSSR count). The lowest BCUT2D eigenvalue weighted by Gasteiger charge is -2.19. The van der Waals surface area contributed by atoms with Crippen LogP contribution in [0.25, 0.3) is 11.5 Å². The molecule has 3 aromatic heterocycles. The third kappa shape index (κ3) is 4.97. The van der Waals surface area contributed by atoms with E-state index in [2.05, 4.69) is 33.8 Å². The number of hydrogen-bond donors (Lipinski definition) is 0. The maximum Gasteiger partial charge on any atom is 0.202 e. The Labute approximate surface area is 189 Å². The van der Waals surface area contributed by atoms with Gasteiger partial charge in [0, 0.05) is 17.9 Å². The van der Waals surface area contributed by atoms with E-state index in [1.54, 1.807) is 24.1 Å². The van der Waals surface area contributed by atoms with E-state index in [1.807, 2.05) is 36.4 Å². The molecule has 0 aliphatic heterocycles. The highest BCUT2D eigenvalue weighted by molar-refractivity contribution is 7.98. The number of thioether (sulfide) groups is 1. The van der Waals surface area contributed by atoms with Crippen molar-refractivity contribution in [1.29, 1.82) is 0 Å². The van der Waals surface area contributed by atoms with Crippen molar-refractivity contribution in [1.82, 2.24) is 19.9 Å². The number of para-hydroxylation sites is 1. The Hall–Kier alpha value is -2.71. The molecule has 0 bridgehead atoms. The average molecular weight is 459 g/mol. The lowest BCUT2D eigenvalue weighted by Crippen LogP contribution is -2.14. The Balaban J connectivity index is 1.50. The second-order valence-corrected chi connectivity index (χ2v) is 8.26. The fourth-order valence-corrected chi connectivity index (χ4v) is 4.38. The minimum Gasteiger partial charge on any atom is -0.484 e. The van der Waals surface area contributed by atoms with Crippen molar-refractivity contribution in [2.24, 2.45) is 0 Å². The third-order valence-electron chi connectivity index (χ3n) is 4.91. The van der Waals surface area contributed by atoms with E-state index in [-0.39, 0.29) is 6.04 Å². The van der Waals surface area contributed by atoms with Crippen molar-refractivity contribution in [3.05, 3.63) is 65.3 Å². The van der Waals surface area contributed by atoms with E-state index in [0.717, 1.165) is 29.5 Å². The van der Waals surface area contributed by atoms with Gasteiger partial charge in [-0.2, -0.15) is 0 Å². The maximum atomic E-state index is 6.21. The van der Waals surface area contributed by atoms with Gasteiger partial charge in [0.05, 0.1) is 17.0 Å². The molecule has 0 radical (unpaired) electrons. The van der Waals surface area contributed by atoms with Gasteiger partial charge in [-0.3, -0.25) is 0 Å². The molecule has 0 spiro atoms. The van der Waals surface area contributed by atoms with Gasteiger partial charge in [-0.15, -0.1) is 10.2 Å². The first-order valence-corrected chi connectivity index (χ1v) is 11.5. The topological polar surface area (TPSA) is 79.1 Å². The number of halogens is 1. The first-order chi connectivity index (χ1) is 15.2. The summed E-state index contributed by atoms with van der Waals surface area (Å²) < 4.78 is 18.8. The standard InChI is InChI=1S/C22H23ClN4O3S/c1-3-16(4-2)27-21(13-29-18-9-6-5-8-17(18)23)24-25-22(27)31-14-15-12-20(30-26-15)19-10-7-11-28-19/h5-12,16H,3-4,13-14H2,1-2H3. The molecule has 0 amide bonds. The molecule has 9 heteroatoms. The summed E-state index contributed by atoms with van der Waals surface area (Å²) in [5.41, 5.74) is 0.810. The molecule has 0 saturated carbocycles. The van der Waals surface area contributed by atoms with Gasteiger partial charge in [-0.05, 0) is 37.1 Å². The molecular formula is C22H23ClN4O3S. The fraction of sp³-hybridized carbons (Fsp3) is 0.318. The van der Waals surface area contributed by atoms with E-state index in [9.17, 15) is 0 Å². The molecule has 4 aromatic rings. The van der Waals surface area contributed by atoms with Gasteiger partial charge in [-0.25, -0.2) is 0 Å². The first kappa shape index (κ1) is 21.5. The minimum absolute atomic E-state index is 0.276. The van der Waals surface area contributed by atoms with Crippen molar-refractivity contribution in [2.45, 2.75) is 50.2 Å². The monoisotopic (exact) mass is 458 g/mol. The summed E-state index contributed by atoms with van der Waals surface area (Å²) in [5, 5.41) is 14.4. The van der Waals surface area contributed by atoms with Gasteiger partial charge in [0.15, 0.2) is 16.7 Å². The summed E-state index contributed by atoms with van der Waals surface area (Å²) in [4.78, 5) is 0. The van der Waals surface area contributed by atoms with Gasteiger partial charge in [0.2, 0.25) is 5.76 Å². The molecule has 0 atom stereocenters. The normalized spacial score (nSPS) is 11.4. The molecule has 31 heavy (non-hydrogen) atoms. The van der Waals surface area contributed by atoms with Crippen LogP contribution in [-0.4, -0.2) is 19.9 Å². The number of benzene rings is 1. The molecule has 0 aliphatic rings. The number of ether oxygens (including phenoxy) is 1. The van der Waals surface area contributed by atoms with Crippen molar-refractivity contribution in [2.75, 3.05) is 0 Å². The zero-order chi connectivity index (χ0) is 21.6. The van der Waals surface area contributed by atoms with E-state index in [0.29, 0.717) is 34.7 Å². The van der Waals surface area contributed by atoms with Crippen LogP contribution in [0, 0.1) is 0 Å². The smallest absolute Gasteiger partial charge is 0.202 e. The van der Waals surface area contributed by atoms with Crippen LogP contribution in [0.5, 0.6) is 5.75 Å². The number of aromatic nitrogens is 4. The van der Waals surface area contributed by atoms with Gasteiger partial charge in [0.1, 0.15) is 12.4 Å². The minimum atomic E-state index is 0.276. The van der Waals surface area contributed by atoms with Gasteiger partial charge >= 0.3 is 0 Å². The molecular weight excluding hydrogens is 436 g/mol. The largest absolute Gasteiger partial charge is 0.484 e. The van der Waals surface area contributed by atoms with Crippen LogP contribution < -0.4 is 4.74 Å². The summed E-state index contributed by atoms with van der Waals surface area (Å²) >= 11 is 7.78. The molecule has 3 heterocycles. The highest BCUT2D eigenvalue weighted by Crippen LogP contribution is 2.30.